The number of thiophene rings is 1. The molecule has 1 saturated heterocycles. The number of carbonyl (C=O) groups is 3. The molecular formula is C21H25N3O3S. The van der Waals surface area contributed by atoms with Crippen LogP contribution >= 0.6 is 11.3 Å². The van der Waals surface area contributed by atoms with Crippen molar-refractivity contribution in [3.05, 3.63) is 57.8 Å². The standard InChI is InChI=1S/C21H25N3O3S/c1-21(2,3)16-9-7-15(8-10-16)12-22(4)14-24-19(26)18(25)23(20(24)27)13-17-6-5-11-28-17/h5-11H,12-14H2,1-4H3. The Bertz CT molecular complexity index is 869. The van der Waals surface area contributed by atoms with Crippen molar-refractivity contribution in [2.24, 2.45) is 0 Å². The third kappa shape index (κ3) is 4.31. The molecule has 0 radical (unpaired) electrons. The first kappa shape index (κ1) is 20.2. The van der Waals surface area contributed by atoms with Gasteiger partial charge in [0, 0.05) is 11.4 Å². The number of imide groups is 2. The molecule has 4 amide bonds. The maximum absolute atomic E-state index is 12.6. The van der Waals surface area contributed by atoms with Crippen molar-refractivity contribution in [1.82, 2.24) is 14.7 Å². The number of hydrogen-bond donors (Lipinski definition) is 0. The van der Waals surface area contributed by atoms with Gasteiger partial charge in [0.15, 0.2) is 0 Å². The predicted molar refractivity (Wildman–Crippen MR) is 109 cm³/mol. The third-order valence-corrected chi connectivity index (χ3v) is 5.55. The molecule has 0 unspecified atom stereocenters. The first-order valence-corrected chi connectivity index (χ1v) is 10.0. The normalized spacial score (nSPS) is 15.2. The molecule has 1 aromatic carbocycles. The molecular weight excluding hydrogens is 374 g/mol. The second-order valence-electron chi connectivity index (χ2n) is 8.09. The molecule has 2 heterocycles. The van der Waals surface area contributed by atoms with Gasteiger partial charge in [0.25, 0.3) is 0 Å². The highest BCUT2D eigenvalue weighted by Gasteiger charge is 2.44. The average Bonchev–Trinajstić information content (AvgIpc) is 3.21. The van der Waals surface area contributed by atoms with Crippen LogP contribution in [0.4, 0.5) is 4.79 Å². The Morgan fingerprint density at radius 1 is 0.964 bits per heavy atom. The van der Waals surface area contributed by atoms with E-state index >= 15 is 0 Å². The number of rotatable bonds is 6. The van der Waals surface area contributed by atoms with Crippen molar-refractivity contribution >= 4 is 29.2 Å². The molecule has 3 rings (SSSR count). The molecule has 1 aromatic heterocycles. The SMILES string of the molecule is CN(Cc1ccc(C(C)(C)C)cc1)CN1C(=O)C(=O)N(Cc2cccs2)C1=O. The van der Waals surface area contributed by atoms with Crippen molar-refractivity contribution in [1.29, 1.82) is 0 Å². The minimum Gasteiger partial charge on any atom is -0.284 e. The summed E-state index contributed by atoms with van der Waals surface area (Å²) in [5.41, 5.74) is 2.42. The van der Waals surface area contributed by atoms with Gasteiger partial charge in [-0.2, -0.15) is 0 Å². The van der Waals surface area contributed by atoms with Gasteiger partial charge in [0.05, 0.1) is 13.2 Å². The van der Waals surface area contributed by atoms with E-state index in [0.29, 0.717) is 6.54 Å². The van der Waals surface area contributed by atoms with E-state index in [1.165, 1.54) is 16.9 Å². The smallest absolute Gasteiger partial charge is 0.284 e. The lowest BCUT2D eigenvalue weighted by Gasteiger charge is -2.23. The summed E-state index contributed by atoms with van der Waals surface area (Å²) in [6, 6.07) is 11.4. The monoisotopic (exact) mass is 399 g/mol. The van der Waals surface area contributed by atoms with Gasteiger partial charge in [-0.1, -0.05) is 51.1 Å². The molecule has 2 aromatic rings. The van der Waals surface area contributed by atoms with Crippen LogP contribution in [0.5, 0.6) is 0 Å². The van der Waals surface area contributed by atoms with Gasteiger partial charge in [-0.25, -0.2) is 9.69 Å². The number of hydrogen-bond acceptors (Lipinski definition) is 5. The lowest BCUT2D eigenvalue weighted by molar-refractivity contribution is -0.144. The predicted octanol–water partition coefficient (Wildman–Crippen LogP) is 3.43. The second-order valence-corrected chi connectivity index (χ2v) is 9.12. The fourth-order valence-electron chi connectivity index (χ4n) is 3.09. The topological polar surface area (TPSA) is 60.9 Å². The number of carbonyl (C=O) groups excluding carboxylic acids is 3. The first-order valence-electron chi connectivity index (χ1n) is 9.14. The highest BCUT2D eigenvalue weighted by atomic mass is 32.1. The van der Waals surface area contributed by atoms with E-state index in [1.54, 1.807) is 0 Å². The van der Waals surface area contributed by atoms with Crippen LogP contribution in [0.1, 0.15) is 36.8 Å². The Morgan fingerprint density at radius 3 is 2.18 bits per heavy atom. The Hall–Kier alpha value is -2.51. The van der Waals surface area contributed by atoms with E-state index in [1.807, 2.05) is 29.5 Å². The van der Waals surface area contributed by atoms with Crippen LogP contribution in [0.25, 0.3) is 0 Å². The van der Waals surface area contributed by atoms with Crippen molar-refractivity contribution in [3.8, 4) is 0 Å². The van der Waals surface area contributed by atoms with E-state index in [4.69, 9.17) is 0 Å². The summed E-state index contributed by atoms with van der Waals surface area (Å²) in [5.74, 6) is -1.53. The zero-order chi connectivity index (χ0) is 20.5. The van der Waals surface area contributed by atoms with Gasteiger partial charge in [0.2, 0.25) is 0 Å². The van der Waals surface area contributed by atoms with E-state index in [2.05, 4.69) is 45.0 Å². The van der Waals surface area contributed by atoms with Crippen LogP contribution in [-0.2, 0) is 28.1 Å². The Balaban J connectivity index is 1.63. The summed E-state index contributed by atoms with van der Waals surface area (Å²) in [4.78, 5) is 41.8. The fourth-order valence-corrected chi connectivity index (χ4v) is 3.78. The number of urea groups is 1. The lowest BCUT2D eigenvalue weighted by atomic mass is 9.87. The van der Waals surface area contributed by atoms with Crippen molar-refractivity contribution < 1.29 is 14.4 Å². The molecule has 0 aliphatic carbocycles. The zero-order valence-corrected chi connectivity index (χ0v) is 17.5. The summed E-state index contributed by atoms with van der Waals surface area (Å²) >= 11 is 1.45. The van der Waals surface area contributed by atoms with Crippen LogP contribution in [0.2, 0.25) is 0 Å². The number of nitrogens with zero attached hydrogens (tertiary/aromatic N) is 3. The molecule has 0 bridgehead atoms. The van der Waals surface area contributed by atoms with Crippen LogP contribution in [0.15, 0.2) is 41.8 Å². The molecule has 148 valence electrons. The number of amides is 4. The maximum atomic E-state index is 12.6. The Morgan fingerprint density at radius 2 is 1.61 bits per heavy atom. The molecule has 7 heteroatoms. The van der Waals surface area contributed by atoms with Gasteiger partial charge in [0.1, 0.15) is 0 Å². The van der Waals surface area contributed by atoms with Crippen LogP contribution < -0.4 is 0 Å². The molecule has 1 aliphatic heterocycles. The molecule has 0 N–H and O–H groups in total. The largest absolute Gasteiger partial charge is 0.335 e. The highest BCUT2D eigenvalue weighted by molar-refractivity contribution is 7.09. The quantitative estimate of drug-likeness (QED) is 0.552. The summed E-state index contributed by atoms with van der Waals surface area (Å²) < 4.78 is 0. The first-order chi connectivity index (χ1) is 13.2. The Labute approximate surface area is 169 Å². The molecule has 28 heavy (non-hydrogen) atoms. The molecule has 0 spiro atoms. The van der Waals surface area contributed by atoms with Crippen molar-refractivity contribution in [2.75, 3.05) is 13.7 Å². The van der Waals surface area contributed by atoms with E-state index in [9.17, 15) is 14.4 Å². The van der Waals surface area contributed by atoms with Crippen molar-refractivity contribution in [3.63, 3.8) is 0 Å². The van der Waals surface area contributed by atoms with Crippen LogP contribution in [0, 0.1) is 0 Å². The number of benzene rings is 1. The van der Waals surface area contributed by atoms with E-state index < -0.39 is 17.8 Å². The second kappa shape index (κ2) is 7.85. The molecule has 1 fully saturated rings. The zero-order valence-electron chi connectivity index (χ0n) is 16.6. The van der Waals surface area contributed by atoms with Gasteiger partial charge in [-0.05, 0) is 35.0 Å². The van der Waals surface area contributed by atoms with E-state index in [0.717, 1.165) is 20.2 Å². The molecule has 1 aliphatic rings. The van der Waals surface area contributed by atoms with Crippen LogP contribution in [0.3, 0.4) is 0 Å². The van der Waals surface area contributed by atoms with Gasteiger partial charge in [-0.15, -0.1) is 11.3 Å². The average molecular weight is 400 g/mol. The summed E-state index contributed by atoms with van der Waals surface area (Å²) in [6.07, 6.45) is 0. The summed E-state index contributed by atoms with van der Waals surface area (Å²) in [7, 11) is 1.82. The van der Waals surface area contributed by atoms with Crippen LogP contribution in [-0.4, -0.2) is 46.3 Å². The Kier molecular flexibility index (Phi) is 5.67. The van der Waals surface area contributed by atoms with Crippen molar-refractivity contribution in [2.45, 2.75) is 39.3 Å². The maximum Gasteiger partial charge on any atom is 0.335 e. The van der Waals surface area contributed by atoms with Gasteiger partial charge < -0.3 is 0 Å². The highest BCUT2D eigenvalue weighted by Crippen LogP contribution is 2.23. The third-order valence-electron chi connectivity index (χ3n) is 4.68. The summed E-state index contributed by atoms with van der Waals surface area (Å²) in [5, 5.41) is 1.87. The molecule has 6 nitrogen and oxygen atoms in total. The minimum absolute atomic E-state index is 0.0748. The van der Waals surface area contributed by atoms with Gasteiger partial charge in [-0.3, -0.25) is 19.4 Å². The molecule has 0 atom stereocenters. The summed E-state index contributed by atoms with van der Waals surface area (Å²) in [6.45, 7) is 7.27. The van der Waals surface area contributed by atoms with Gasteiger partial charge >= 0.3 is 17.8 Å². The lowest BCUT2D eigenvalue weighted by Crippen LogP contribution is -2.40. The van der Waals surface area contributed by atoms with E-state index in [-0.39, 0.29) is 18.6 Å². The fraction of sp³-hybridized carbons (Fsp3) is 0.381. The minimum atomic E-state index is -0.767. The molecule has 0 saturated carbocycles.